The molecule has 0 aliphatic carbocycles. The monoisotopic (exact) mass is 436 g/mol. The zero-order chi connectivity index (χ0) is 21.1. The van der Waals surface area contributed by atoms with Crippen molar-refractivity contribution in [3.8, 4) is 11.1 Å². The predicted octanol–water partition coefficient (Wildman–Crippen LogP) is 1.83. The molecule has 3 aromatic rings. The van der Waals surface area contributed by atoms with Crippen molar-refractivity contribution < 1.29 is 37.8 Å². The number of benzene rings is 1. The molecule has 0 aliphatic rings. The summed E-state index contributed by atoms with van der Waals surface area (Å²) in [6.45, 7) is 0.209. The third-order valence-electron chi connectivity index (χ3n) is 4.43. The molecule has 2 heterocycles. The maximum atomic E-state index is 12.1. The molecule has 10 heteroatoms. The first-order valence-electron chi connectivity index (χ1n) is 8.78. The Morgan fingerprint density at radius 2 is 1.28 bits per heavy atom. The second kappa shape index (κ2) is 8.67. The summed E-state index contributed by atoms with van der Waals surface area (Å²) in [5.74, 6) is -1.11. The van der Waals surface area contributed by atoms with Crippen LogP contribution in [-0.4, -0.2) is 25.7 Å². The lowest BCUT2D eigenvalue weighted by Crippen LogP contribution is -2.39. The Morgan fingerprint density at radius 3 is 1.76 bits per heavy atom. The Hall–Kier alpha value is -2.18. The number of hydrogen-bond donors (Lipinski definition) is 4. The van der Waals surface area contributed by atoms with Crippen molar-refractivity contribution in [1.82, 2.24) is 0 Å². The first kappa shape index (κ1) is 21.5. The van der Waals surface area contributed by atoms with Crippen LogP contribution in [0.15, 0.2) is 79.4 Å². The van der Waals surface area contributed by atoms with E-state index < -0.39 is 21.0 Å². The van der Waals surface area contributed by atoms with Gasteiger partial charge >= 0.3 is 15.2 Å². The lowest BCUT2D eigenvalue weighted by atomic mass is 10.1. The van der Waals surface area contributed by atoms with Gasteiger partial charge in [0.1, 0.15) is 6.16 Å². The van der Waals surface area contributed by atoms with Gasteiger partial charge < -0.3 is 19.6 Å². The molecule has 0 amide bonds. The standard InChI is InChI=1S/C19H20N2O6P2/c22-28(23,24)15-14-20-10-6-16(7-11-20)17-8-12-21(13-9-17)19(29(25,26)27)18-4-2-1-3-5-18/h1-13,19H,14-15H2,(H2-2,22,23,24,25,26,27)/p+2. The summed E-state index contributed by atoms with van der Waals surface area (Å²) >= 11 is 0. The van der Waals surface area contributed by atoms with Crippen LogP contribution in [0.2, 0.25) is 0 Å². The number of aromatic nitrogens is 2. The highest BCUT2D eigenvalue weighted by atomic mass is 31.2. The maximum Gasteiger partial charge on any atom is 0.398 e. The second-order valence-corrected chi connectivity index (χ2v) is 10.1. The Bertz CT molecular complexity index is 1050. The van der Waals surface area contributed by atoms with Crippen molar-refractivity contribution in [2.24, 2.45) is 0 Å². The summed E-state index contributed by atoms with van der Waals surface area (Å²) in [5, 5.41) is 0. The molecule has 0 radical (unpaired) electrons. The third-order valence-corrected chi connectivity index (χ3v) is 6.41. The van der Waals surface area contributed by atoms with Gasteiger partial charge in [-0.2, -0.15) is 4.57 Å². The van der Waals surface area contributed by atoms with Gasteiger partial charge in [0.25, 0.3) is 5.78 Å². The minimum absolute atomic E-state index is 0.209. The van der Waals surface area contributed by atoms with Gasteiger partial charge in [-0.25, -0.2) is 4.57 Å². The van der Waals surface area contributed by atoms with Crippen LogP contribution < -0.4 is 9.13 Å². The molecule has 0 spiro atoms. The van der Waals surface area contributed by atoms with Crippen molar-refractivity contribution in [2.75, 3.05) is 6.16 Å². The van der Waals surface area contributed by atoms with Crippen LogP contribution in [0.1, 0.15) is 11.3 Å². The number of hydrogen-bond acceptors (Lipinski definition) is 2. The van der Waals surface area contributed by atoms with Gasteiger partial charge in [-0.05, 0) is 11.1 Å². The summed E-state index contributed by atoms with van der Waals surface area (Å²) < 4.78 is 26.2. The average Bonchev–Trinajstić information content (AvgIpc) is 2.67. The lowest BCUT2D eigenvalue weighted by molar-refractivity contribution is -0.695. The highest BCUT2D eigenvalue weighted by molar-refractivity contribution is 7.52. The molecule has 0 saturated heterocycles. The van der Waals surface area contributed by atoms with E-state index in [1.807, 2.05) is 12.1 Å². The van der Waals surface area contributed by atoms with Gasteiger partial charge in [0.15, 0.2) is 31.3 Å². The molecule has 152 valence electrons. The summed E-state index contributed by atoms with van der Waals surface area (Å²) in [6, 6.07) is 15.8. The molecule has 1 atom stereocenters. The van der Waals surface area contributed by atoms with Crippen molar-refractivity contribution in [2.45, 2.75) is 12.3 Å². The Morgan fingerprint density at radius 1 is 0.759 bits per heavy atom. The van der Waals surface area contributed by atoms with E-state index in [0.29, 0.717) is 5.56 Å². The first-order valence-corrected chi connectivity index (χ1v) is 12.3. The first-order chi connectivity index (χ1) is 13.6. The van der Waals surface area contributed by atoms with E-state index in [2.05, 4.69) is 0 Å². The van der Waals surface area contributed by atoms with Crippen LogP contribution in [0, 0.1) is 0 Å². The molecule has 1 aromatic carbocycles. The van der Waals surface area contributed by atoms with Crippen LogP contribution in [-0.2, 0) is 15.7 Å². The van der Waals surface area contributed by atoms with Gasteiger partial charge in [0.05, 0.1) is 0 Å². The van der Waals surface area contributed by atoms with Crippen LogP contribution in [0.5, 0.6) is 0 Å². The topological polar surface area (TPSA) is 123 Å². The molecular formula is C19H22N2O6P2+2. The van der Waals surface area contributed by atoms with Crippen LogP contribution in [0.25, 0.3) is 11.1 Å². The molecule has 1 unspecified atom stereocenters. The molecule has 3 rings (SSSR count). The van der Waals surface area contributed by atoms with Crippen molar-refractivity contribution in [3.05, 3.63) is 84.9 Å². The second-order valence-electron chi connectivity index (χ2n) is 6.62. The van der Waals surface area contributed by atoms with Gasteiger partial charge in [-0.1, -0.05) is 30.3 Å². The SMILES string of the molecule is O=P(O)(O)CC[n+]1ccc(-c2cc[n+](C(c3ccccc3)P(=O)(O)O)cc2)cc1. The molecule has 0 saturated carbocycles. The van der Waals surface area contributed by atoms with E-state index in [9.17, 15) is 18.9 Å². The fourth-order valence-corrected chi connectivity index (χ4v) is 4.56. The highest BCUT2D eigenvalue weighted by Gasteiger charge is 2.38. The lowest BCUT2D eigenvalue weighted by Gasteiger charge is -2.14. The van der Waals surface area contributed by atoms with Gasteiger partial charge in [0.2, 0.25) is 0 Å². The molecule has 0 bridgehead atoms. The largest absolute Gasteiger partial charge is 0.398 e. The third kappa shape index (κ3) is 5.90. The number of pyridine rings is 2. The molecule has 0 aliphatic heterocycles. The van der Waals surface area contributed by atoms with E-state index >= 15 is 0 Å². The van der Waals surface area contributed by atoms with E-state index in [0.717, 1.165) is 11.1 Å². The Labute approximate surface area is 168 Å². The minimum Gasteiger partial charge on any atom is -0.324 e. The summed E-state index contributed by atoms with van der Waals surface area (Å²) in [7, 11) is -8.48. The molecule has 2 aromatic heterocycles. The van der Waals surface area contributed by atoms with Gasteiger partial charge in [0, 0.05) is 29.8 Å². The van der Waals surface area contributed by atoms with E-state index in [1.54, 1.807) is 71.8 Å². The zero-order valence-electron chi connectivity index (χ0n) is 15.4. The van der Waals surface area contributed by atoms with E-state index in [-0.39, 0.29) is 12.7 Å². The summed E-state index contributed by atoms with van der Waals surface area (Å²) in [5.41, 5.74) is 2.24. The molecule has 4 N–H and O–H groups in total. The highest BCUT2D eigenvalue weighted by Crippen LogP contribution is 2.49. The Kier molecular flexibility index (Phi) is 6.44. The van der Waals surface area contributed by atoms with E-state index in [4.69, 9.17) is 9.79 Å². The predicted molar refractivity (Wildman–Crippen MR) is 106 cm³/mol. The minimum atomic E-state index is -4.44. The van der Waals surface area contributed by atoms with Crippen molar-refractivity contribution in [3.63, 3.8) is 0 Å². The molecular weight excluding hydrogens is 414 g/mol. The van der Waals surface area contributed by atoms with Crippen molar-refractivity contribution >= 4 is 15.2 Å². The van der Waals surface area contributed by atoms with E-state index in [1.165, 1.54) is 4.57 Å². The number of rotatable bonds is 7. The normalized spacial score (nSPS) is 13.2. The van der Waals surface area contributed by atoms with Crippen LogP contribution in [0.3, 0.4) is 0 Å². The number of nitrogens with zero attached hydrogens (tertiary/aromatic N) is 2. The van der Waals surface area contributed by atoms with Gasteiger partial charge in [-0.15, -0.1) is 0 Å². The quantitative estimate of drug-likeness (QED) is 0.331. The number of aryl methyl sites for hydroxylation is 1. The van der Waals surface area contributed by atoms with Crippen molar-refractivity contribution in [1.29, 1.82) is 0 Å². The van der Waals surface area contributed by atoms with Crippen LogP contribution >= 0.6 is 15.2 Å². The van der Waals surface area contributed by atoms with Crippen LogP contribution in [0.4, 0.5) is 0 Å². The fourth-order valence-electron chi connectivity index (χ4n) is 3.00. The summed E-state index contributed by atoms with van der Waals surface area (Å²) in [6.07, 6.45) is 6.48. The average molecular weight is 436 g/mol. The maximum absolute atomic E-state index is 12.1. The molecule has 0 fully saturated rings. The molecule has 8 nitrogen and oxygen atoms in total. The Balaban J connectivity index is 1.82. The summed E-state index contributed by atoms with van der Waals surface area (Å²) in [4.78, 5) is 37.6. The molecule has 29 heavy (non-hydrogen) atoms. The smallest absolute Gasteiger partial charge is 0.324 e. The van der Waals surface area contributed by atoms with Gasteiger partial charge in [-0.3, -0.25) is 9.13 Å². The fraction of sp³-hybridized carbons (Fsp3) is 0.158. The zero-order valence-corrected chi connectivity index (χ0v) is 17.2.